The highest BCUT2D eigenvalue weighted by atomic mass is 32.2. The van der Waals surface area contributed by atoms with Crippen molar-refractivity contribution in [2.45, 2.75) is 19.4 Å². The van der Waals surface area contributed by atoms with Crippen molar-refractivity contribution in [3.05, 3.63) is 0 Å². The first-order chi connectivity index (χ1) is 8.03. The average Bonchev–Trinajstić information content (AvgIpc) is 2.27. The van der Waals surface area contributed by atoms with Crippen LogP contribution in [0.1, 0.15) is 13.3 Å². The van der Waals surface area contributed by atoms with Crippen LogP contribution < -0.4 is 10.0 Å². The van der Waals surface area contributed by atoms with Gasteiger partial charge >= 0.3 is 0 Å². The molecule has 2 N–H and O–H groups in total. The van der Waals surface area contributed by atoms with Crippen LogP contribution in [0, 0.1) is 12.3 Å². The first kappa shape index (κ1) is 14.5. The molecule has 0 aromatic rings. The van der Waals surface area contributed by atoms with Gasteiger partial charge in [-0.1, -0.05) is 0 Å². The van der Waals surface area contributed by atoms with Crippen LogP contribution >= 0.6 is 0 Å². The van der Waals surface area contributed by atoms with Gasteiger partial charge in [-0.05, 0) is 6.92 Å². The third-order valence-electron chi connectivity index (χ3n) is 2.69. The van der Waals surface area contributed by atoms with Crippen LogP contribution in [-0.2, 0) is 10.0 Å². The number of terminal acetylenes is 1. The number of piperazine rings is 1. The fraction of sp³-hybridized carbons (Fsp3) is 0.818. The van der Waals surface area contributed by atoms with Crippen molar-refractivity contribution in [2.75, 3.05) is 38.5 Å². The van der Waals surface area contributed by atoms with E-state index in [4.69, 9.17) is 6.42 Å². The van der Waals surface area contributed by atoms with Gasteiger partial charge in [0.25, 0.3) is 0 Å². The maximum absolute atomic E-state index is 11.7. The maximum atomic E-state index is 11.7. The van der Waals surface area contributed by atoms with Gasteiger partial charge in [-0.15, -0.1) is 12.3 Å². The second-order valence-corrected chi connectivity index (χ2v) is 6.21. The Labute approximate surface area is 104 Å². The standard InChI is InChI=1S/C11H21N3O2S/c1-3-4-11(2)13-17(15,16)10-9-14-7-5-12-6-8-14/h1,11-13H,4-10H2,2H3. The molecule has 0 bridgehead atoms. The molecule has 1 aliphatic heterocycles. The second kappa shape index (κ2) is 6.97. The molecule has 1 fully saturated rings. The summed E-state index contributed by atoms with van der Waals surface area (Å²) >= 11 is 0. The molecule has 1 atom stereocenters. The number of hydrogen-bond acceptors (Lipinski definition) is 4. The van der Waals surface area contributed by atoms with Crippen LogP contribution in [0.5, 0.6) is 0 Å². The van der Waals surface area contributed by atoms with Gasteiger partial charge < -0.3 is 5.32 Å². The molecule has 0 amide bonds. The third kappa shape index (κ3) is 6.03. The van der Waals surface area contributed by atoms with Gasteiger partial charge in [0.05, 0.1) is 5.75 Å². The lowest BCUT2D eigenvalue weighted by molar-refractivity contribution is 0.253. The molecular weight excluding hydrogens is 238 g/mol. The van der Waals surface area contributed by atoms with E-state index in [1.54, 1.807) is 6.92 Å². The number of nitrogens with zero attached hydrogens (tertiary/aromatic N) is 1. The van der Waals surface area contributed by atoms with Crippen LogP contribution in [0.2, 0.25) is 0 Å². The summed E-state index contributed by atoms with van der Waals surface area (Å²) < 4.78 is 26.1. The van der Waals surface area contributed by atoms with Gasteiger partial charge in [0, 0.05) is 45.2 Å². The molecule has 98 valence electrons. The molecule has 1 heterocycles. The molecule has 0 aliphatic carbocycles. The predicted molar refractivity (Wildman–Crippen MR) is 69.1 cm³/mol. The molecule has 17 heavy (non-hydrogen) atoms. The molecule has 0 saturated carbocycles. The quantitative estimate of drug-likeness (QED) is 0.615. The highest BCUT2D eigenvalue weighted by Crippen LogP contribution is 1.97. The summed E-state index contributed by atoms with van der Waals surface area (Å²) in [7, 11) is -3.21. The number of hydrogen-bond donors (Lipinski definition) is 2. The Morgan fingerprint density at radius 2 is 2.12 bits per heavy atom. The Kier molecular flexibility index (Phi) is 5.92. The lowest BCUT2D eigenvalue weighted by Gasteiger charge is -2.27. The zero-order valence-electron chi connectivity index (χ0n) is 10.3. The molecule has 0 spiro atoms. The van der Waals surface area contributed by atoms with E-state index in [9.17, 15) is 8.42 Å². The van der Waals surface area contributed by atoms with Gasteiger partial charge in [-0.2, -0.15) is 0 Å². The summed E-state index contributed by atoms with van der Waals surface area (Å²) in [5, 5.41) is 3.23. The lowest BCUT2D eigenvalue weighted by atomic mass is 10.3. The summed E-state index contributed by atoms with van der Waals surface area (Å²) in [6.45, 7) is 6.05. The second-order valence-electron chi connectivity index (χ2n) is 4.34. The van der Waals surface area contributed by atoms with Crippen LogP contribution in [0.25, 0.3) is 0 Å². The monoisotopic (exact) mass is 259 g/mol. The van der Waals surface area contributed by atoms with Crippen molar-refractivity contribution in [1.82, 2.24) is 14.9 Å². The van der Waals surface area contributed by atoms with E-state index >= 15 is 0 Å². The van der Waals surface area contributed by atoms with Crippen LogP contribution in [-0.4, -0.2) is 57.8 Å². The van der Waals surface area contributed by atoms with Crippen LogP contribution in [0.15, 0.2) is 0 Å². The van der Waals surface area contributed by atoms with Crippen molar-refractivity contribution in [3.8, 4) is 12.3 Å². The average molecular weight is 259 g/mol. The van der Waals surface area contributed by atoms with E-state index < -0.39 is 10.0 Å². The Morgan fingerprint density at radius 1 is 1.47 bits per heavy atom. The predicted octanol–water partition coefficient (Wildman–Crippen LogP) is -0.777. The maximum Gasteiger partial charge on any atom is 0.213 e. The van der Waals surface area contributed by atoms with E-state index in [1.165, 1.54) is 0 Å². The van der Waals surface area contributed by atoms with Crippen LogP contribution in [0.4, 0.5) is 0 Å². The van der Waals surface area contributed by atoms with Gasteiger partial charge in [-0.25, -0.2) is 13.1 Å². The molecule has 1 rings (SSSR count). The number of sulfonamides is 1. The molecule has 1 aliphatic rings. The normalized spacial score (nSPS) is 19.8. The van der Waals surface area contributed by atoms with E-state index in [-0.39, 0.29) is 11.8 Å². The molecule has 0 aromatic carbocycles. The van der Waals surface area contributed by atoms with Gasteiger partial charge in [0.2, 0.25) is 10.0 Å². The largest absolute Gasteiger partial charge is 0.314 e. The van der Waals surface area contributed by atoms with Gasteiger partial charge in [0.1, 0.15) is 0 Å². The number of nitrogens with one attached hydrogen (secondary N) is 2. The number of rotatable bonds is 6. The highest BCUT2D eigenvalue weighted by Gasteiger charge is 2.17. The molecule has 0 radical (unpaired) electrons. The van der Waals surface area contributed by atoms with E-state index in [0.29, 0.717) is 13.0 Å². The van der Waals surface area contributed by atoms with Crippen molar-refractivity contribution < 1.29 is 8.42 Å². The van der Waals surface area contributed by atoms with Crippen molar-refractivity contribution in [1.29, 1.82) is 0 Å². The highest BCUT2D eigenvalue weighted by molar-refractivity contribution is 7.89. The summed E-state index contributed by atoms with van der Waals surface area (Å²) in [6, 6.07) is -0.187. The zero-order chi connectivity index (χ0) is 12.7. The molecule has 1 unspecified atom stereocenters. The molecular formula is C11H21N3O2S. The lowest BCUT2D eigenvalue weighted by Crippen LogP contribution is -2.46. The minimum atomic E-state index is -3.21. The van der Waals surface area contributed by atoms with Crippen molar-refractivity contribution >= 4 is 10.0 Å². The third-order valence-corrected chi connectivity index (χ3v) is 4.17. The first-order valence-corrected chi connectivity index (χ1v) is 7.55. The Hall–Kier alpha value is -0.610. The van der Waals surface area contributed by atoms with Crippen molar-refractivity contribution in [2.24, 2.45) is 0 Å². The van der Waals surface area contributed by atoms with Gasteiger partial charge in [-0.3, -0.25) is 4.90 Å². The molecule has 0 aromatic heterocycles. The summed E-state index contributed by atoms with van der Waals surface area (Å²) in [5.74, 6) is 2.59. The first-order valence-electron chi connectivity index (χ1n) is 5.90. The molecule has 1 saturated heterocycles. The zero-order valence-corrected chi connectivity index (χ0v) is 11.1. The smallest absolute Gasteiger partial charge is 0.213 e. The Morgan fingerprint density at radius 3 is 2.71 bits per heavy atom. The topological polar surface area (TPSA) is 61.4 Å². The van der Waals surface area contributed by atoms with E-state index in [2.05, 4.69) is 20.9 Å². The summed E-state index contributed by atoms with van der Waals surface area (Å²) in [6.07, 6.45) is 5.56. The fourth-order valence-electron chi connectivity index (χ4n) is 1.77. The Bertz CT molecular complexity index is 355. The Balaban J connectivity index is 2.31. The van der Waals surface area contributed by atoms with Crippen molar-refractivity contribution in [3.63, 3.8) is 0 Å². The minimum Gasteiger partial charge on any atom is -0.314 e. The molecule has 6 heteroatoms. The van der Waals surface area contributed by atoms with E-state index in [0.717, 1.165) is 26.2 Å². The SMILES string of the molecule is C#CCC(C)NS(=O)(=O)CCN1CCNCC1. The summed E-state index contributed by atoms with van der Waals surface area (Å²) in [5.41, 5.74) is 0. The van der Waals surface area contributed by atoms with Gasteiger partial charge in [0.15, 0.2) is 0 Å². The fourth-order valence-corrected chi connectivity index (χ4v) is 3.08. The summed E-state index contributed by atoms with van der Waals surface area (Å²) in [4.78, 5) is 2.15. The minimum absolute atomic E-state index is 0.141. The van der Waals surface area contributed by atoms with E-state index in [1.807, 2.05) is 0 Å². The molecule has 5 nitrogen and oxygen atoms in total. The van der Waals surface area contributed by atoms with Crippen LogP contribution in [0.3, 0.4) is 0 Å².